The normalized spacial score (nSPS) is 20.1. The third kappa shape index (κ3) is 3.89. The highest BCUT2D eigenvalue weighted by Gasteiger charge is 2.51. The average Bonchev–Trinajstić information content (AvgIpc) is 3.02. The van der Waals surface area contributed by atoms with Crippen LogP contribution in [0.1, 0.15) is 35.7 Å². The Balaban J connectivity index is 1.76. The van der Waals surface area contributed by atoms with Crippen LogP contribution in [-0.2, 0) is 16.1 Å². The molecule has 164 valence electrons. The van der Waals surface area contributed by atoms with E-state index in [-0.39, 0.29) is 12.1 Å². The van der Waals surface area contributed by atoms with E-state index in [1.54, 1.807) is 24.3 Å². The smallest absolute Gasteiger partial charge is 0.272 e. The summed E-state index contributed by atoms with van der Waals surface area (Å²) in [5, 5.41) is 13.9. The summed E-state index contributed by atoms with van der Waals surface area (Å²) in [5.41, 5.74) is 1.04. The Bertz CT molecular complexity index is 1140. The number of fused-ring (bicyclic) bond motifs is 1. The summed E-state index contributed by atoms with van der Waals surface area (Å²) in [6.45, 7) is 1.78. The third-order valence-electron chi connectivity index (χ3n) is 5.85. The molecule has 2 aliphatic rings. The molecule has 2 atom stereocenters. The molecule has 0 aromatic heterocycles. The molecule has 2 aromatic rings. The van der Waals surface area contributed by atoms with Crippen molar-refractivity contribution < 1.29 is 19.3 Å². The number of carbonyl (C=O) groups excluding carboxylic acids is 3. The van der Waals surface area contributed by atoms with Crippen molar-refractivity contribution in [2.24, 2.45) is 11.8 Å². The first-order valence-electron chi connectivity index (χ1n) is 10.1. The lowest BCUT2D eigenvalue weighted by molar-refractivity contribution is -0.385. The number of nitrogens with zero attached hydrogens (tertiary/aromatic N) is 3. The Morgan fingerprint density at radius 2 is 1.78 bits per heavy atom. The van der Waals surface area contributed by atoms with E-state index in [0.717, 1.165) is 15.6 Å². The zero-order chi connectivity index (χ0) is 23.0. The van der Waals surface area contributed by atoms with E-state index in [4.69, 9.17) is 11.6 Å². The molecule has 0 bridgehead atoms. The van der Waals surface area contributed by atoms with Crippen molar-refractivity contribution in [3.63, 3.8) is 0 Å². The molecule has 3 amide bonds. The zero-order valence-corrected chi connectivity index (χ0v) is 18.0. The number of benzene rings is 2. The molecule has 0 saturated carbocycles. The number of halogens is 1. The van der Waals surface area contributed by atoms with Crippen LogP contribution in [0.3, 0.4) is 0 Å². The largest absolute Gasteiger partial charge is 0.282 e. The molecule has 1 aliphatic heterocycles. The Morgan fingerprint density at radius 3 is 2.47 bits per heavy atom. The van der Waals surface area contributed by atoms with Crippen LogP contribution in [0.15, 0.2) is 60.2 Å². The van der Waals surface area contributed by atoms with Crippen LogP contribution in [0.2, 0.25) is 5.02 Å². The molecule has 0 unspecified atom stereocenters. The number of hydrogen-bond donors (Lipinski definition) is 0. The molecule has 1 saturated heterocycles. The highest BCUT2D eigenvalue weighted by molar-refractivity contribution is 6.30. The van der Waals surface area contributed by atoms with Crippen LogP contribution in [0, 0.1) is 22.0 Å². The van der Waals surface area contributed by atoms with Gasteiger partial charge in [0.2, 0.25) is 0 Å². The van der Waals surface area contributed by atoms with Gasteiger partial charge >= 0.3 is 0 Å². The number of imide groups is 1. The first-order chi connectivity index (χ1) is 15.3. The number of hydrogen-bond acceptors (Lipinski definition) is 5. The van der Waals surface area contributed by atoms with Gasteiger partial charge in [0.1, 0.15) is 5.56 Å². The fraction of sp³-hybridized carbons (Fsp3) is 0.261. The summed E-state index contributed by atoms with van der Waals surface area (Å²) in [6, 6.07) is 12.1. The number of nitro groups is 1. The van der Waals surface area contributed by atoms with Crippen molar-refractivity contribution in [1.29, 1.82) is 0 Å². The second-order valence-electron chi connectivity index (χ2n) is 7.96. The van der Waals surface area contributed by atoms with Gasteiger partial charge in [-0.1, -0.05) is 47.5 Å². The molecule has 0 radical (unpaired) electrons. The van der Waals surface area contributed by atoms with Crippen molar-refractivity contribution in [3.8, 4) is 0 Å². The molecule has 8 nitrogen and oxygen atoms in total. The van der Waals surface area contributed by atoms with Gasteiger partial charge in [-0.25, -0.2) is 5.01 Å². The lowest BCUT2D eigenvalue weighted by Crippen LogP contribution is -2.50. The quantitative estimate of drug-likeness (QED) is 0.293. The van der Waals surface area contributed by atoms with E-state index in [1.807, 2.05) is 13.0 Å². The van der Waals surface area contributed by atoms with E-state index in [9.17, 15) is 24.5 Å². The molecule has 2 aromatic carbocycles. The predicted octanol–water partition coefficient (Wildman–Crippen LogP) is 4.15. The molecule has 0 spiro atoms. The molecule has 9 heteroatoms. The van der Waals surface area contributed by atoms with Crippen LogP contribution in [-0.4, -0.2) is 32.7 Å². The van der Waals surface area contributed by atoms with Gasteiger partial charge in [-0.05, 0) is 43.5 Å². The van der Waals surface area contributed by atoms with Gasteiger partial charge < -0.3 is 0 Å². The highest BCUT2D eigenvalue weighted by Crippen LogP contribution is 2.39. The SMILES string of the molecule is CC1=CC[C@@H]2C(=O)N(N(Cc3ccc(Cl)cc3)C(=O)c3ccccc3[N+](=O)[O-])C(=O)[C@@H]2C1. The Kier molecular flexibility index (Phi) is 5.80. The summed E-state index contributed by atoms with van der Waals surface area (Å²) in [6.07, 6.45) is 2.80. The van der Waals surface area contributed by atoms with Gasteiger partial charge in [0.05, 0.1) is 23.3 Å². The predicted molar refractivity (Wildman–Crippen MR) is 116 cm³/mol. The summed E-state index contributed by atoms with van der Waals surface area (Å²) in [4.78, 5) is 50.9. The summed E-state index contributed by atoms with van der Waals surface area (Å²) >= 11 is 5.95. The fourth-order valence-corrected chi connectivity index (χ4v) is 4.33. The fourth-order valence-electron chi connectivity index (χ4n) is 4.21. The summed E-state index contributed by atoms with van der Waals surface area (Å²) in [7, 11) is 0. The Labute approximate surface area is 189 Å². The maximum atomic E-state index is 13.5. The number of nitro benzene ring substituents is 1. The minimum absolute atomic E-state index is 0.120. The second-order valence-corrected chi connectivity index (χ2v) is 8.39. The molecule has 32 heavy (non-hydrogen) atoms. The average molecular weight is 454 g/mol. The monoisotopic (exact) mass is 453 g/mol. The third-order valence-corrected chi connectivity index (χ3v) is 6.10. The van der Waals surface area contributed by atoms with Crippen LogP contribution >= 0.6 is 11.6 Å². The number of hydrazine groups is 1. The summed E-state index contributed by atoms with van der Waals surface area (Å²) < 4.78 is 0. The molecule has 1 fully saturated rings. The van der Waals surface area contributed by atoms with E-state index in [0.29, 0.717) is 23.4 Å². The minimum Gasteiger partial charge on any atom is -0.272 e. The molecular weight excluding hydrogens is 434 g/mol. The van der Waals surface area contributed by atoms with Gasteiger partial charge in [-0.3, -0.25) is 24.5 Å². The van der Waals surface area contributed by atoms with Gasteiger partial charge in [-0.15, -0.1) is 0 Å². The van der Waals surface area contributed by atoms with Crippen LogP contribution in [0.4, 0.5) is 5.69 Å². The summed E-state index contributed by atoms with van der Waals surface area (Å²) in [5.74, 6) is -2.81. The number of allylic oxidation sites excluding steroid dienone is 2. The van der Waals surface area contributed by atoms with Crippen molar-refractivity contribution in [3.05, 3.63) is 86.4 Å². The van der Waals surface area contributed by atoms with Gasteiger partial charge in [0.25, 0.3) is 23.4 Å². The van der Waals surface area contributed by atoms with Gasteiger partial charge in [0, 0.05) is 11.1 Å². The number of rotatable bonds is 5. The van der Waals surface area contributed by atoms with Crippen molar-refractivity contribution in [2.75, 3.05) is 0 Å². The molecule has 0 N–H and O–H groups in total. The standard InChI is InChI=1S/C23H20ClN3O5/c1-14-6-11-17-19(12-14)23(30)26(22(17)29)25(13-15-7-9-16(24)10-8-15)21(28)18-4-2-3-5-20(18)27(31)32/h2-10,17,19H,11-13H2,1H3/t17-,19+/m0/s1. The maximum Gasteiger partial charge on any atom is 0.282 e. The maximum absolute atomic E-state index is 13.5. The minimum atomic E-state index is -0.794. The topological polar surface area (TPSA) is 101 Å². The van der Waals surface area contributed by atoms with E-state index < -0.39 is 40.2 Å². The zero-order valence-electron chi connectivity index (χ0n) is 17.2. The first kappa shape index (κ1) is 21.7. The van der Waals surface area contributed by atoms with Gasteiger partial charge in [0.15, 0.2) is 0 Å². The van der Waals surface area contributed by atoms with Crippen LogP contribution in [0.5, 0.6) is 0 Å². The van der Waals surface area contributed by atoms with Gasteiger partial charge in [-0.2, -0.15) is 5.01 Å². The highest BCUT2D eigenvalue weighted by atomic mass is 35.5. The van der Waals surface area contributed by atoms with E-state index in [2.05, 4.69) is 0 Å². The van der Waals surface area contributed by atoms with E-state index >= 15 is 0 Å². The molecule has 1 heterocycles. The first-order valence-corrected chi connectivity index (χ1v) is 10.5. The van der Waals surface area contributed by atoms with E-state index in [1.165, 1.54) is 24.3 Å². The molecule has 4 rings (SSSR count). The number of amides is 3. The van der Waals surface area contributed by atoms with Crippen LogP contribution < -0.4 is 0 Å². The molecule has 1 aliphatic carbocycles. The Morgan fingerprint density at radius 1 is 1.12 bits per heavy atom. The number of carbonyl (C=O) groups is 3. The number of para-hydroxylation sites is 1. The van der Waals surface area contributed by atoms with Crippen molar-refractivity contribution >= 4 is 35.0 Å². The lowest BCUT2D eigenvalue weighted by Gasteiger charge is -2.30. The van der Waals surface area contributed by atoms with Crippen LogP contribution in [0.25, 0.3) is 0 Å². The second kappa shape index (κ2) is 8.55. The van der Waals surface area contributed by atoms with Crippen molar-refractivity contribution in [1.82, 2.24) is 10.0 Å². The van der Waals surface area contributed by atoms with Crippen molar-refractivity contribution in [2.45, 2.75) is 26.3 Å². The Hall–Kier alpha value is -3.52. The lowest BCUT2D eigenvalue weighted by atomic mass is 9.82. The molecular formula is C23H20ClN3O5.